The summed E-state index contributed by atoms with van der Waals surface area (Å²) in [7, 11) is 0. The summed E-state index contributed by atoms with van der Waals surface area (Å²) in [5, 5.41) is 8.85. The molecule has 0 spiro atoms. The lowest BCUT2D eigenvalue weighted by molar-refractivity contribution is 0.112. The third kappa shape index (κ3) is 2.64. The van der Waals surface area contributed by atoms with E-state index in [2.05, 4.69) is 0 Å². The van der Waals surface area contributed by atoms with E-state index in [4.69, 9.17) is 5.11 Å². The van der Waals surface area contributed by atoms with Crippen molar-refractivity contribution < 1.29 is 14.7 Å². The highest BCUT2D eigenvalue weighted by Crippen LogP contribution is 2.27. The van der Waals surface area contributed by atoms with Crippen LogP contribution in [0.25, 0.3) is 0 Å². The van der Waals surface area contributed by atoms with Crippen molar-refractivity contribution in [2.75, 3.05) is 13.1 Å². The predicted octanol–water partition coefficient (Wildman–Crippen LogP) is 2.36. The lowest BCUT2D eigenvalue weighted by Gasteiger charge is -2.30. The van der Waals surface area contributed by atoms with Crippen molar-refractivity contribution in [1.29, 1.82) is 0 Å². The largest absolute Gasteiger partial charge is 0.465 e. The number of hydrogen-bond donors (Lipinski definition) is 1. The van der Waals surface area contributed by atoms with Crippen LogP contribution in [0.15, 0.2) is 24.3 Å². The number of hydrogen-bond acceptors (Lipinski definition) is 2. The van der Waals surface area contributed by atoms with Gasteiger partial charge in [0.25, 0.3) is 0 Å². The standard InChI is InChI=1S/C13H15NO3/c15-9-10-1-3-11(4-2-10)12-5-7-14(8-6-12)13(16)17/h1-4,9,12H,5-8H2,(H,16,17). The number of likely N-dealkylation sites (tertiary alicyclic amines) is 1. The van der Waals surface area contributed by atoms with E-state index >= 15 is 0 Å². The van der Waals surface area contributed by atoms with E-state index in [1.54, 1.807) is 0 Å². The van der Waals surface area contributed by atoms with Gasteiger partial charge in [-0.1, -0.05) is 24.3 Å². The lowest BCUT2D eigenvalue weighted by Crippen LogP contribution is -2.36. The molecule has 0 unspecified atom stereocenters. The van der Waals surface area contributed by atoms with Crippen LogP contribution in [-0.2, 0) is 0 Å². The summed E-state index contributed by atoms with van der Waals surface area (Å²) in [6.45, 7) is 1.19. The third-order valence-corrected chi connectivity index (χ3v) is 3.31. The lowest BCUT2D eigenvalue weighted by atomic mass is 9.89. The Kier molecular flexibility index (Phi) is 3.42. The molecule has 1 aliphatic rings. The Morgan fingerprint density at radius 1 is 1.24 bits per heavy atom. The first-order valence-corrected chi connectivity index (χ1v) is 5.73. The first-order chi connectivity index (χ1) is 8.20. The molecule has 1 saturated heterocycles. The Morgan fingerprint density at radius 2 is 1.82 bits per heavy atom. The van der Waals surface area contributed by atoms with E-state index in [1.807, 2.05) is 24.3 Å². The highest BCUT2D eigenvalue weighted by Gasteiger charge is 2.23. The minimum atomic E-state index is -0.834. The summed E-state index contributed by atoms with van der Waals surface area (Å²) in [6.07, 6.45) is 1.70. The van der Waals surface area contributed by atoms with Gasteiger partial charge >= 0.3 is 6.09 Å². The van der Waals surface area contributed by atoms with Gasteiger partial charge in [-0.15, -0.1) is 0 Å². The van der Waals surface area contributed by atoms with Crippen molar-refractivity contribution in [2.45, 2.75) is 18.8 Å². The smallest absolute Gasteiger partial charge is 0.407 e. The molecule has 2 rings (SSSR count). The summed E-state index contributed by atoms with van der Waals surface area (Å²) in [5.74, 6) is 0.409. The van der Waals surface area contributed by atoms with Gasteiger partial charge in [0.1, 0.15) is 6.29 Å². The van der Waals surface area contributed by atoms with E-state index in [0.717, 1.165) is 19.1 Å². The summed E-state index contributed by atoms with van der Waals surface area (Å²) in [4.78, 5) is 22.8. The average molecular weight is 233 g/mol. The molecule has 17 heavy (non-hydrogen) atoms. The number of carboxylic acid groups (broad SMARTS) is 1. The van der Waals surface area contributed by atoms with E-state index in [9.17, 15) is 9.59 Å². The molecule has 90 valence electrons. The number of aldehydes is 1. The molecule has 1 amide bonds. The average Bonchev–Trinajstić information content (AvgIpc) is 2.39. The van der Waals surface area contributed by atoms with E-state index in [-0.39, 0.29) is 0 Å². The summed E-state index contributed by atoms with van der Waals surface area (Å²) >= 11 is 0. The molecule has 1 aromatic rings. The summed E-state index contributed by atoms with van der Waals surface area (Å²) in [6, 6.07) is 7.55. The van der Waals surface area contributed by atoms with Gasteiger partial charge in [-0.25, -0.2) is 4.79 Å². The number of carbonyl (C=O) groups excluding carboxylic acids is 1. The fourth-order valence-corrected chi connectivity index (χ4v) is 2.25. The number of carbonyl (C=O) groups is 2. The monoisotopic (exact) mass is 233 g/mol. The van der Waals surface area contributed by atoms with Crippen molar-refractivity contribution in [3.63, 3.8) is 0 Å². The topological polar surface area (TPSA) is 57.6 Å². The van der Waals surface area contributed by atoms with Crippen molar-refractivity contribution >= 4 is 12.4 Å². The predicted molar refractivity (Wildman–Crippen MR) is 63.4 cm³/mol. The van der Waals surface area contributed by atoms with Crippen LogP contribution in [0.2, 0.25) is 0 Å². The van der Waals surface area contributed by atoms with Crippen LogP contribution < -0.4 is 0 Å². The zero-order valence-corrected chi connectivity index (χ0v) is 9.50. The Balaban J connectivity index is 2.00. The maximum Gasteiger partial charge on any atom is 0.407 e. The summed E-state index contributed by atoms with van der Waals surface area (Å²) < 4.78 is 0. The summed E-state index contributed by atoms with van der Waals surface area (Å²) in [5.41, 5.74) is 1.87. The van der Waals surface area contributed by atoms with Gasteiger partial charge < -0.3 is 10.0 Å². The number of piperidine rings is 1. The first-order valence-electron chi connectivity index (χ1n) is 5.73. The van der Waals surface area contributed by atoms with E-state index in [0.29, 0.717) is 24.6 Å². The highest BCUT2D eigenvalue weighted by molar-refractivity contribution is 5.74. The molecule has 1 aliphatic heterocycles. The van der Waals surface area contributed by atoms with Gasteiger partial charge in [0, 0.05) is 18.7 Å². The van der Waals surface area contributed by atoms with Crippen molar-refractivity contribution in [3.8, 4) is 0 Å². The number of nitrogens with zero attached hydrogens (tertiary/aromatic N) is 1. The number of amides is 1. The van der Waals surface area contributed by atoms with Crippen molar-refractivity contribution in [1.82, 2.24) is 4.90 Å². The molecule has 0 saturated carbocycles. The zero-order valence-electron chi connectivity index (χ0n) is 9.50. The van der Waals surface area contributed by atoms with Crippen LogP contribution in [0.5, 0.6) is 0 Å². The molecule has 4 nitrogen and oxygen atoms in total. The first kappa shape index (κ1) is 11.6. The molecule has 0 atom stereocenters. The molecule has 1 fully saturated rings. The number of rotatable bonds is 2. The van der Waals surface area contributed by atoms with Gasteiger partial charge in [-0.2, -0.15) is 0 Å². The second-order valence-electron chi connectivity index (χ2n) is 4.33. The van der Waals surface area contributed by atoms with Crippen LogP contribution in [-0.4, -0.2) is 35.5 Å². The second kappa shape index (κ2) is 4.99. The van der Waals surface area contributed by atoms with Crippen LogP contribution in [0.1, 0.15) is 34.7 Å². The Labute approximate surface area is 99.9 Å². The Morgan fingerprint density at radius 3 is 2.29 bits per heavy atom. The highest BCUT2D eigenvalue weighted by atomic mass is 16.4. The third-order valence-electron chi connectivity index (χ3n) is 3.31. The molecule has 1 N–H and O–H groups in total. The van der Waals surface area contributed by atoms with Crippen LogP contribution in [0.3, 0.4) is 0 Å². The Bertz CT molecular complexity index is 405. The molecular formula is C13H15NO3. The van der Waals surface area contributed by atoms with Crippen molar-refractivity contribution in [2.24, 2.45) is 0 Å². The SMILES string of the molecule is O=Cc1ccc(C2CCN(C(=O)O)CC2)cc1. The number of benzene rings is 1. The molecule has 1 aromatic carbocycles. The van der Waals surface area contributed by atoms with Gasteiger partial charge in [0.05, 0.1) is 0 Å². The molecule has 0 aliphatic carbocycles. The maximum atomic E-state index is 10.8. The second-order valence-corrected chi connectivity index (χ2v) is 4.33. The van der Waals surface area contributed by atoms with Gasteiger partial charge in [0.2, 0.25) is 0 Å². The van der Waals surface area contributed by atoms with Crippen molar-refractivity contribution in [3.05, 3.63) is 35.4 Å². The molecule has 1 heterocycles. The van der Waals surface area contributed by atoms with Crippen LogP contribution >= 0.6 is 0 Å². The Hall–Kier alpha value is -1.84. The van der Waals surface area contributed by atoms with Gasteiger partial charge in [0.15, 0.2) is 0 Å². The molecule has 4 heteroatoms. The molecule has 0 radical (unpaired) electrons. The minimum Gasteiger partial charge on any atom is -0.465 e. The fourth-order valence-electron chi connectivity index (χ4n) is 2.25. The van der Waals surface area contributed by atoms with E-state index < -0.39 is 6.09 Å². The molecular weight excluding hydrogens is 218 g/mol. The van der Waals surface area contributed by atoms with E-state index in [1.165, 1.54) is 10.5 Å². The quantitative estimate of drug-likeness (QED) is 0.798. The fraction of sp³-hybridized carbons (Fsp3) is 0.385. The molecule has 0 aromatic heterocycles. The van der Waals surface area contributed by atoms with Crippen LogP contribution in [0.4, 0.5) is 4.79 Å². The minimum absolute atomic E-state index is 0.409. The zero-order chi connectivity index (χ0) is 12.3. The molecule has 0 bridgehead atoms. The van der Waals surface area contributed by atoms with Crippen LogP contribution in [0, 0.1) is 0 Å². The maximum absolute atomic E-state index is 10.8. The van der Waals surface area contributed by atoms with Gasteiger partial charge in [-0.3, -0.25) is 4.79 Å². The van der Waals surface area contributed by atoms with Gasteiger partial charge in [-0.05, 0) is 24.3 Å². The normalized spacial score (nSPS) is 16.8.